The molecule has 0 unspecified atom stereocenters. The van der Waals surface area contributed by atoms with Crippen LogP contribution in [0.4, 0.5) is 0 Å². The van der Waals surface area contributed by atoms with Crippen molar-refractivity contribution in [1.82, 2.24) is 14.6 Å². The molecule has 7 heteroatoms. The third kappa shape index (κ3) is 1.94. The van der Waals surface area contributed by atoms with Crippen molar-refractivity contribution in [2.24, 2.45) is 5.73 Å². The largest absolute Gasteiger partial charge is 0.461 e. The molecule has 0 spiro atoms. The number of esters is 1. The zero-order chi connectivity index (χ0) is 12.4. The Morgan fingerprint density at radius 1 is 1.53 bits per heavy atom. The van der Waals surface area contributed by atoms with Crippen LogP contribution in [0.5, 0.6) is 0 Å². The van der Waals surface area contributed by atoms with Gasteiger partial charge in [0.1, 0.15) is 0 Å². The van der Waals surface area contributed by atoms with E-state index in [1.54, 1.807) is 6.92 Å². The van der Waals surface area contributed by atoms with E-state index in [0.717, 1.165) is 0 Å². The first kappa shape index (κ1) is 11.1. The second-order valence-electron chi connectivity index (χ2n) is 3.21. The summed E-state index contributed by atoms with van der Waals surface area (Å²) in [6.07, 6.45) is 1.44. The molecular weight excluding hydrogens is 224 g/mol. The molecule has 0 aromatic carbocycles. The van der Waals surface area contributed by atoms with Crippen LogP contribution in [0.2, 0.25) is 0 Å². The molecule has 17 heavy (non-hydrogen) atoms. The lowest BCUT2D eigenvalue weighted by Crippen LogP contribution is -2.14. The zero-order valence-electron chi connectivity index (χ0n) is 9.08. The fourth-order valence-electron chi connectivity index (χ4n) is 1.38. The minimum absolute atomic E-state index is 0.0502. The van der Waals surface area contributed by atoms with Gasteiger partial charge in [0.2, 0.25) is 0 Å². The maximum absolute atomic E-state index is 11.6. The highest BCUT2D eigenvalue weighted by molar-refractivity contribution is 5.93. The van der Waals surface area contributed by atoms with E-state index in [9.17, 15) is 9.59 Å². The topological polar surface area (TPSA) is 99.6 Å². The van der Waals surface area contributed by atoms with E-state index < -0.39 is 11.9 Å². The fourth-order valence-corrected chi connectivity index (χ4v) is 1.38. The first-order chi connectivity index (χ1) is 8.13. The minimum atomic E-state index is -0.676. The van der Waals surface area contributed by atoms with Gasteiger partial charge >= 0.3 is 5.97 Å². The quantitative estimate of drug-likeness (QED) is 0.754. The summed E-state index contributed by atoms with van der Waals surface area (Å²) in [5.41, 5.74) is 5.72. The predicted molar refractivity (Wildman–Crippen MR) is 57.5 cm³/mol. The van der Waals surface area contributed by atoms with Crippen molar-refractivity contribution >= 4 is 17.5 Å². The number of hydrogen-bond acceptors (Lipinski definition) is 5. The molecule has 2 rings (SSSR count). The molecule has 0 saturated heterocycles. The molecule has 0 fully saturated rings. The van der Waals surface area contributed by atoms with Gasteiger partial charge in [0.25, 0.3) is 5.91 Å². The number of aromatic nitrogens is 3. The highest BCUT2D eigenvalue weighted by Crippen LogP contribution is 2.08. The Balaban J connectivity index is 2.56. The molecule has 2 heterocycles. The van der Waals surface area contributed by atoms with E-state index in [1.165, 1.54) is 22.8 Å². The van der Waals surface area contributed by atoms with Crippen molar-refractivity contribution in [3.05, 3.63) is 29.7 Å². The van der Waals surface area contributed by atoms with E-state index in [1.807, 2.05) is 0 Å². The standard InChI is InChI=1S/C10H10N4O3/c1-2-17-10(16)7-3-4-12-8-5-6(9(11)15)13-14(7)8/h3-5H,2H2,1H3,(H2,11,15). The van der Waals surface area contributed by atoms with Crippen LogP contribution in [0.15, 0.2) is 18.3 Å². The van der Waals surface area contributed by atoms with E-state index in [2.05, 4.69) is 10.1 Å². The second-order valence-corrected chi connectivity index (χ2v) is 3.21. The van der Waals surface area contributed by atoms with Gasteiger partial charge in [-0.1, -0.05) is 0 Å². The van der Waals surface area contributed by atoms with Crippen LogP contribution in [-0.4, -0.2) is 33.1 Å². The average Bonchev–Trinajstić information content (AvgIpc) is 2.72. The summed E-state index contributed by atoms with van der Waals surface area (Å²) in [6, 6.07) is 2.87. The second kappa shape index (κ2) is 4.20. The molecule has 0 atom stereocenters. The summed E-state index contributed by atoms with van der Waals surface area (Å²) < 4.78 is 6.10. The van der Waals surface area contributed by atoms with Crippen LogP contribution < -0.4 is 5.73 Å². The van der Waals surface area contributed by atoms with Crippen LogP contribution in [0, 0.1) is 0 Å². The molecule has 0 aliphatic heterocycles. The van der Waals surface area contributed by atoms with E-state index >= 15 is 0 Å². The van der Waals surface area contributed by atoms with Crippen molar-refractivity contribution in [2.75, 3.05) is 6.61 Å². The highest BCUT2D eigenvalue weighted by Gasteiger charge is 2.15. The number of nitrogens with zero attached hydrogens (tertiary/aromatic N) is 3. The van der Waals surface area contributed by atoms with Gasteiger partial charge in [-0.3, -0.25) is 4.79 Å². The zero-order valence-corrected chi connectivity index (χ0v) is 9.08. The Labute approximate surface area is 96.2 Å². The van der Waals surface area contributed by atoms with Crippen LogP contribution >= 0.6 is 0 Å². The van der Waals surface area contributed by atoms with Gasteiger partial charge in [-0.15, -0.1) is 0 Å². The lowest BCUT2D eigenvalue weighted by atomic mass is 10.4. The molecule has 2 aromatic rings. The summed E-state index contributed by atoms with van der Waals surface area (Å²) >= 11 is 0. The molecule has 0 aliphatic carbocycles. The van der Waals surface area contributed by atoms with Crippen LogP contribution in [-0.2, 0) is 4.74 Å². The van der Waals surface area contributed by atoms with Crippen LogP contribution in [0.1, 0.15) is 27.9 Å². The number of nitrogens with two attached hydrogens (primary N) is 1. The van der Waals surface area contributed by atoms with Crippen molar-refractivity contribution in [2.45, 2.75) is 6.92 Å². The number of fused-ring (bicyclic) bond motifs is 1. The van der Waals surface area contributed by atoms with E-state index in [4.69, 9.17) is 10.5 Å². The molecule has 2 aromatic heterocycles. The Bertz CT molecular complexity index is 590. The lowest BCUT2D eigenvalue weighted by Gasteiger charge is -2.02. The molecule has 7 nitrogen and oxygen atoms in total. The monoisotopic (exact) mass is 234 g/mol. The van der Waals surface area contributed by atoms with Crippen molar-refractivity contribution in [3.8, 4) is 0 Å². The Morgan fingerprint density at radius 2 is 2.29 bits per heavy atom. The van der Waals surface area contributed by atoms with Gasteiger partial charge in [0.05, 0.1) is 6.61 Å². The summed E-state index contributed by atoms with van der Waals surface area (Å²) in [6.45, 7) is 1.96. The Morgan fingerprint density at radius 3 is 2.94 bits per heavy atom. The molecule has 0 bridgehead atoms. The number of primary amides is 1. The number of hydrogen-bond donors (Lipinski definition) is 1. The summed E-state index contributed by atoms with van der Waals surface area (Å²) in [7, 11) is 0. The smallest absolute Gasteiger partial charge is 0.357 e. The normalized spacial score (nSPS) is 10.4. The third-order valence-corrected chi connectivity index (χ3v) is 2.09. The van der Waals surface area contributed by atoms with Gasteiger partial charge in [0.15, 0.2) is 17.0 Å². The summed E-state index contributed by atoms with van der Waals surface area (Å²) in [5.74, 6) is -1.20. The molecule has 1 amide bonds. The van der Waals surface area contributed by atoms with E-state index in [0.29, 0.717) is 5.65 Å². The van der Waals surface area contributed by atoms with E-state index in [-0.39, 0.29) is 18.0 Å². The first-order valence-corrected chi connectivity index (χ1v) is 4.95. The third-order valence-electron chi connectivity index (χ3n) is 2.09. The Hall–Kier alpha value is -2.44. The number of ether oxygens (including phenoxy) is 1. The number of amides is 1. The average molecular weight is 234 g/mol. The summed E-state index contributed by atoms with van der Waals surface area (Å²) in [4.78, 5) is 26.6. The lowest BCUT2D eigenvalue weighted by molar-refractivity contribution is 0.0515. The van der Waals surface area contributed by atoms with Crippen molar-refractivity contribution in [3.63, 3.8) is 0 Å². The Kier molecular flexibility index (Phi) is 2.73. The molecule has 0 aliphatic rings. The number of rotatable bonds is 3. The summed E-state index contributed by atoms with van der Waals surface area (Å²) in [5, 5.41) is 3.89. The maximum atomic E-state index is 11.6. The van der Waals surface area contributed by atoms with Crippen molar-refractivity contribution < 1.29 is 14.3 Å². The van der Waals surface area contributed by atoms with Crippen molar-refractivity contribution in [1.29, 1.82) is 0 Å². The molecule has 0 saturated carbocycles. The van der Waals surface area contributed by atoms with Crippen LogP contribution in [0.25, 0.3) is 5.65 Å². The molecular formula is C10H10N4O3. The highest BCUT2D eigenvalue weighted by atomic mass is 16.5. The van der Waals surface area contributed by atoms with Gasteiger partial charge in [-0.25, -0.2) is 14.3 Å². The predicted octanol–water partition coefficient (Wildman–Crippen LogP) is 0.00490. The molecule has 2 N–H and O–H groups in total. The van der Waals surface area contributed by atoms with Gasteiger partial charge < -0.3 is 10.5 Å². The maximum Gasteiger partial charge on any atom is 0.357 e. The number of carbonyl (C=O) groups excluding carboxylic acids is 2. The first-order valence-electron chi connectivity index (χ1n) is 4.95. The number of carbonyl (C=O) groups is 2. The van der Waals surface area contributed by atoms with Gasteiger partial charge in [-0.05, 0) is 13.0 Å². The molecule has 0 radical (unpaired) electrons. The molecule has 88 valence electrons. The SMILES string of the molecule is CCOC(=O)c1ccnc2cc(C(N)=O)nn12. The van der Waals surface area contributed by atoms with Gasteiger partial charge in [0, 0.05) is 12.3 Å². The fraction of sp³-hybridized carbons (Fsp3) is 0.200. The van der Waals surface area contributed by atoms with Crippen LogP contribution in [0.3, 0.4) is 0 Å². The minimum Gasteiger partial charge on any atom is -0.461 e. The van der Waals surface area contributed by atoms with Gasteiger partial charge in [-0.2, -0.15) is 5.10 Å².